The highest BCUT2D eigenvalue weighted by atomic mass is 79.9. The van der Waals surface area contributed by atoms with Crippen molar-refractivity contribution in [2.45, 2.75) is 11.8 Å². The van der Waals surface area contributed by atoms with Crippen LogP contribution in [0.4, 0.5) is 18.3 Å². The molecule has 0 saturated heterocycles. The van der Waals surface area contributed by atoms with Gasteiger partial charge in [-0.3, -0.25) is 4.79 Å². The lowest BCUT2D eigenvalue weighted by atomic mass is 10.1. The maximum absolute atomic E-state index is 14.2. The van der Waals surface area contributed by atoms with E-state index in [0.717, 1.165) is 24.5 Å². The molecule has 3 rings (SSSR count). The van der Waals surface area contributed by atoms with Crippen molar-refractivity contribution < 1.29 is 27.5 Å². The van der Waals surface area contributed by atoms with Gasteiger partial charge in [-0.05, 0) is 36.4 Å². The number of rotatable bonds is 5. The molecule has 0 aliphatic carbocycles. The van der Waals surface area contributed by atoms with Crippen LogP contribution in [0, 0.1) is 0 Å². The largest absolute Gasteiger partial charge is 0.466 e. The zero-order chi connectivity index (χ0) is 23.0. The Bertz CT molecular complexity index is 1170. The van der Waals surface area contributed by atoms with Crippen molar-refractivity contribution in [2.75, 3.05) is 12.4 Å². The number of benzene rings is 2. The first kappa shape index (κ1) is 23.6. The average molecular weight is 557 g/mol. The van der Waals surface area contributed by atoms with Crippen LogP contribution in [0.5, 0.6) is 0 Å². The second kappa shape index (κ2) is 8.81. The molecule has 1 aromatic heterocycles. The molecule has 13 heteroatoms. The third kappa shape index (κ3) is 4.74. The minimum atomic E-state index is -5.31. The smallest absolute Gasteiger partial charge is 0.442 e. The number of thiazole rings is 1. The number of nitrogens with zero attached hydrogens (tertiary/aromatic N) is 1. The molecule has 164 valence electrons. The summed E-state index contributed by atoms with van der Waals surface area (Å²) >= 11 is 15.8. The molecule has 31 heavy (non-hydrogen) atoms. The first-order chi connectivity index (χ1) is 14.5. The first-order valence-corrected chi connectivity index (χ1v) is 10.6. The van der Waals surface area contributed by atoms with Crippen molar-refractivity contribution in [2.24, 2.45) is 0 Å². The van der Waals surface area contributed by atoms with E-state index < -0.39 is 23.7 Å². The summed E-state index contributed by atoms with van der Waals surface area (Å²) < 4.78 is 48.2. The number of fused-ring (bicyclic) bond motifs is 1. The second-order valence-corrected chi connectivity index (χ2v) is 8.86. The monoisotopic (exact) mass is 555 g/mol. The van der Waals surface area contributed by atoms with Crippen molar-refractivity contribution in [1.82, 2.24) is 10.3 Å². The van der Waals surface area contributed by atoms with Crippen LogP contribution < -0.4 is 10.6 Å². The van der Waals surface area contributed by atoms with Crippen molar-refractivity contribution in [3.63, 3.8) is 0 Å². The molecule has 6 nitrogen and oxygen atoms in total. The summed E-state index contributed by atoms with van der Waals surface area (Å²) in [6.45, 7) is 0. The Hall–Kier alpha value is -2.08. The number of carbonyl (C=O) groups excluding carboxylic acids is 2. The van der Waals surface area contributed by atoms with Gasteiger partial charge >= 0.3 is 17.8 Å². The number of ether oxygens (including phenoxy) is 1. The number of amides is 1. The number of esters is 1. The molecule has 0 unspecified atom stereocenters. The van der Waals surface area contributed by atoms with E-state index in [-0.39, 0.29) is 20.7 Å². The Balaban J connectivity index is 2.07. The van der Waals surface area contributed by atoms with E-state index in [2.05, 4.69) is 25.7 Å². The SMILES string of the molecule is COC(=O)[C@](NC(=O)c1ccc(Cl)cc1Cl)(Nc1nc2ccc(Br)cc2s1)C(F)(F)F. The Labute approximate surface area is 195 Å². The Morgan fingerprint density at radius 3 is 2.48 bits per heavy atom. The van der Waals surface area contributed by atoms with Gasteiger partial charge in [-0.2, -0.15) is 13.2 Å². The summed E-state index contributed by atoms with van der Waals surface area (Å²) in [7, 11) is 0.765. The number of hydrogen-bond donors (Lipinski definition) is 2. The molecule has 1 heterocycles. The summed E-state index contributed by atoms with van der Waals surface area (Å²) in [4.78, 5) is 29.1. The zero-order valence-electron chi connectivity index (χ0n) is 15.3. The van der Waals surface area contributed by atoms with Gasteiger partial charge in [-0.1, -0.05) is 50.5 Å². The summed E-state index contributed by atoms with van der Waals surface area (Å²) in [5, 5.41) is 3.41. The molecule has 1 amide bonds. The van der Waals surface area contributed by atoms with Crippen molar-refractivity contribution in [3.05, 3.63) is 56.5 Å². The average Bonchev–Trinajstić information content (AvgIpc) is 3.06. The maximum atomic E-state index is 14.2. The number of hydrogen-bond acceptors (Lipinski definition) is 6. The number of aromatic nitrogens is 1. The maximum Gasteiger partial charge on any atom is 0.442 e. The van der Waals surface area contributed by atoms with Crippen molar-refractivity contribution in [3.8, 4) is 0 Å². The number of halogens is 6. The molecule has 0 aliphatic rings. The van der Waals surface area contributed by atoms with Crippen LogP contribution in [0.2, 0.25) is 10.0 Å². The quantitative estimate of drug-likeness (QED) is 0.314. The number of alkyl halides is 3. The molecule has 1 atom stereocenters. The fourth-order valence-corrected chi connectivity index (χ4v) is 4.53. The van der Waals surface area contributed by atoms with Gasteiger partial charge in [-0.15, -0.1) is 0 Å². The van der Waals surface area contributed by atoms with Gasteiger partial charge in [0, 0.05) is 9.50 Å². The van der Waals surface area contributed by atoms with E-state index in [4.69, 9.17) is 23.2 Å². The molecule has 3 aromatic rings. The highest BCUT2D eigenvalue weighted by Gasteiger charge is 2.64. The van der Waals surface area contributed by atoms with Gasteiger partial charge in [0.1, 0.15) is 0 Å². The lowest BCUT2D eigenvalue weighted by Crippen LogP contribution is -2.69. The van der Waals surface area contributed by atoms with Gasteiger partial charge in [0.05, 0.1) is 27.9 Å². The summed E-state index contributed by atoms with van der Waals surface area (Å²) in [5.74, 6) is -3.07. The van der Waals surface area contributed by atoms with E-state index in [0.29, 0.717) is 14.7 Å². The molecule has 0 saturated carbocycles. The number of anilines is 1. The molecular formula is C18H11BrCl2F3N3O3S. The molecule has 0 radical (unpaired) electrons. The third-order valence-corrected chi connectivity index (χ3v) is 6.01. The lowest BCUT2D eigenvalue weighted by Gasteiger charge is -2.34. The van der Waals surface area contributed by atoms with E-state index in [9.17, 15) is 22.8 Å². The number of methoxy groups -OCH3 is 1. The Morgan fingerprint density at radius 2 is 1.87 bits per heavy atom. The van der Waals surface area contributed by atoms with Gasteiger partial charge in [0.2, 0.25) is 0 Å². The van der Waals surface area contributed by atoms with E-state index in [1.807, 2.05) is 5.32 Å². The van der Waals surface area contributed by atoms with Crippen LogP contribution in [0.25, 0.3) is 10.2 Å². The van der Waals surface area contributed by atoms with Crippen LogP contribution in [0.15, 0.2) is 40.9 Å². The summed E-state index contributed by atoms with van der Waals surface area (Å²) in [5.41, 5.74) is -3.56. The van der Waals surface area contributed by atoms with Crippen LogP contribution in [0.3, 0.4) is 0 Å². The highest BCUT2D eigenvalue weighted by molar-refractivity contribution is 9.10. The van der Waals surface area contributed by atoms with Crippen molar-refractivity contribution >= 4 is 77.7 Å². The van der Waals surface area contributed by atoms with Gasteiger partial charge in [-0.25, -0.2) is 9.78 Å². The minimum Gasteiger partial charge on any atom is -0.466 e. The predicted octanol–water partition coefficient (Wildman–Crippen LogP) is 5.64. The highest BCUT2D eigenvalue weighted by Crippen LogP contribution is 2.37. The van der Waals surface area contributed by atoms with E-state index in [1.54, 1.807) is 23.5 Å². The molecule has 0 aliphatic heterocycles. The third-order valence-electron chi connectivity index (χ3n) is 4.04. The topological polar surface area (TPSA) is 80.3 Å². The number of nitrogens with one attached hydrogen (secondary N) is 2. The van der Waals surface area contributed by atoms with Crippen LogP contribution in [0.1, 0.15) is 10.4 Å². The van der Waals surface area contributed by atoms with Gasteiger partial charge in [0.15, 0.2) is 5.13 Å². The summed E-state index contributed by atoms with van der Waals surface area (Å²) in [6.07, 6.45) is -5.31. The second-order valence-electron chi connectivity index (χ2n) is 6.07. The van der Waals surface area contributed by atoms with Crippen LogP contribution >= 0.6 is 50.5 Å². The molecule has 2 N–H and O–H groups in total. The fraction of sp³-hybridized carbons (Fsp3) is 0.167. The standard InChI is InChI=1S/C18H11BrCl2F3N3O3S/c1-30-15(29)17(18(22,23)24,26-14(28)10-4-3-9(20)7-11(10)21)27-16-25-12-5-2-8(19)6-13(12)31-16/h2-7H,1H3,(H,25,27)(H,26,28)/t17-/m0/s1. The van der Waals surface area contributed by atoms with Gasteiger partial charge in [0.25, 0.3) is 5.91 Å². The van der Waals surface area contributed by atoms with E-state index >= 15 is 0 Å². The molecule has 2 aromatic carbocycles. The van der Waals surface area contributed by atoms with Crippen molar-refractivity contribution in [1.29, 1.82) is 0 Å². The zero-order valence-corrected chi connectivity index (χ0v) is 19.2. The fourth-order valence-electron chi connectivity index (χ4n) is 2.57. The van der Waals surface area contributed by atoms with Gasteiger partial charge < -0.3 is 15.4 Å². The molecular weight excluding hydrogens is 546 g/mol. The molecule has 0 bridgehead atoms. The Morgan fingerprint density at radius 1 is 1.16 bits per heavy atom. The normalized spacial score (nSPS) is 13.5. The van der Waals surface area contributed by atoms with Crippen LogP contribution in [-0.4, -0.2) is 35.8 Å². The lowest BCUT2D eigenvalue weighted by molar-refractivity contribution is -0.203. The Kier molecular flexibility index (Phi) is 6.70. The molecule has 0 fully saturated rings. The van der Waals surface area contributed by atoms with Crippen LogP contribution in [-0.2, 0) is 9.53 Å². The first-order valence-electron chi connectivity index (χ1n) is 8.24. The molecule has 0 spiro atoms. The number of carbonyl (C=O) groups is 2. The minimum absolute atomic E-state index is 0.176. The summed E-state index contributed by atoms with van der Waals surface area (Å²) in [6, 6.07) is 8.48. The predicted molar refractivity (Wildman–Crippen MR) is 116 cm³/mol. The van der Waals surface area contributed by atoms with E-state index in [1.165, 1.54) is 12.1 Å².